The lowest BCUT2D eigenvalue weighted by Gasteiger charge is -2.39. The maximum atomic E-state index is 5.05. The highest BCUT2D eigenvalue weighted by Crippen LogP contribution is 2.40. The van der Waals surface area contributed by atoms with E-state index in [1.807, 2.05) is 23.8 Å². The molecule has 3 aromatic rings. The number of hydrogen-bond donors (Lipinski definition) is 0. The average molecular weight is 365 g/mol. The summed E-state index contributed by atoms with van der Waals surface area (Å²) in [7, 11) is 2.22. The zero-order chi connectivity index (χ0) is 17.9. The lowest BCUT2D eigenvalue weighted by Crippen LogP contribution is -2.34. The Morgan fingerprint density at radius 2 is 1.96 bits per heavy atom. The van der Waals surface area contributed by atoms with E-state index in [0.29, 0.717) is 12.1 Å². The Bertz CT molecular complexity index is 848. The first-order valence-corrected chi connectivity index (χ1v) is 10.1. The van der Waals surface area contributed by atoms with Crippen molar-refractivity contribution in [2.45, 2.75) is 44.7 Å². The van der Waals surface area contributed by atoms with Crippen LogP contribution in [0.15, 0.2) is 48.1 Å². The Balaban J connectivity index is 1.61. The van der Waals surface area contributed by atoms with Crippen LogP contribution in [0.3, 0.4) is 0 Å². The predicted molar refractivity (Wildman–Crippen MR) is 105 cm³/mol. The van der Waals surface area contributed by atoms with Crippen LogP contribution >= 0.6 is 11.3 Å². The first kappa shape index (κ1) is 17.3. The number of rotatable bonds is 4. The van der Waals surface area contributed by atoms with E-state index in [9.17, 15) is 0 Å². The molecule has 3 aromatic heterocycles. The number of piperidine rings is 1. The van der Waals surface area contributed by atoms with Crippen LogP contribution in [0.25, 0.3) is 0 Å². The summed E-state index contributed by atoms with van der Waals surface area (Å²) in [6.07, 6.45) is 8.07. The smallest absolute Gasteiger partial charge is 0.0984 e. The van der Waals surface area contributed by atoms with Gasteiger partial charge in [0.1, 0.15) is 0 Å². The summed E-state index contributed by atoms with van der Waals surface area (Å²) in [6.45, 7) is 2.17. The molecule has 0 bridgehead atoms. The Hall–Kier alpha value is -2.11. The average Bonchev–Trinajstić information content (AvgIpc) is 3.17. The third kappa shape index (κ3) is 3.55. The van der Waals surface area contributed by atoms with Gasteiger partial charge in [-0.15, -0.1) is 11.3 Å². The minimum absolute atomic E-state index is 0.340. The molecule has 0 unspecified atom stereocenters. The van der Waals surface area contributed by atoms with Gasteiger partial charge in [-0.1, -0.05) is 12.1 Å². The summed E-state index contributed by atoms with van der Waals surface area (Å²) in [5, 5.41) is 3.15. The van der Waals surface area contributed by atoms with E-state index < -0.39 is 0 Å². The molecule has 26 heavy (non-hydrogen) atoms. The number of likely N-dealkylation sites (tertiary alicyclic amines) is 1. The number of aromatic nitrogens is 3. The minimum Gasteiger partial charge on any atom is -0.289 e. The number of hydrogen-bond acceptors (Lipinski definition) is 5. The van der Waals surface area contributed by atoms with Crippen LogP contribution in [0.1, 0.15) is 59.0 Å². The van der Waals surface area contributed by atoms with E-state index in [-0.39, 0.29) is 0 Å². The normalized spacial score (nSPS) is 21.0. The van der Waals surface area contributed by atoms with E-state index in [1.54, 1.807) is 11.3 Å². The molecule has 0 saturated carbocycles. The van der Waals surface area contributed by atoms with E-state index in [0.717, 1.165) is 35.7 Å². The highest BCUT2D eigenvalue weighted by molar-refractivity contribution is 7.09. The van der Waals surface area contributed by atoms with E-state index in [1.165, 1.54) is 17.7 Å². The molecule has 0 radical (unpaired) electrons. The largest absolute Gasteiger partial charge is 0.289 e. The SMILES string of the molecule is Cc1ccc(Cc2nccs2)nc1[C@H]1CCC[C@@H](c2ccccn2)N1C. The molecular formula is C21H24N4S. The van der Waals surface area contributed by atoms with Gasteiger partial charge in [-0.05, 0) is 57.0 Å². The second-order valence-corrected chi connectivity index (χ2v) is 7.97. The molecule has 0 aliphatic carbocycles. The molecule has 1 saturated heterocycles. The number of thiazole rings is 1. The highest BCUT2D eigenvalue weighted by atomic mass is 32.1. The van der Waals surface area contributed by atoms with Gasteiger partial charge >= 0.3 is 0 Å². The van der Waals surface area contributed by atoms with Crippen molar-refractivity contribution in [2.24, 2.45) is 0 Å². The fourth-order valence-corrected chi connectivity index (χ4v) is 4.54. The van der Waals surface area contributed by atoms with E-state index >= 15 is 0 Å². The van der Waals surface area contributed by atoms with Crippen LogP contribution in [-0.2, 0) is 6.42 Å². The van der Waals surface area contributed by atoms with Crippen molar-refractivity contribution in [1.82, 2.24) is 19.9 Å². The number of pyridine rings is 2. The highest BCUT2D eigenvalue weighted by Gasteiger charge is 2.32. The second kappa shape index (κ2) is 7.64. The summed E-state index contributed by atoms with van der Waals surface area (Å²) >= 11 is 1.69. The van der Waals surface area contributed by atoms with Crippen LogP contribution in [0.2, 0.25) is 0 Å². The van der Waals surface area contributed by atoms with Crippen molar-refractivity contribution in [3.63, 3.8) is 0 Å². The first-order valence-electron chi connectivity index (χ1n) is 9.20. The van der Waals surface area contributed by atoms with Gasteiger partial charge in [-0.2, -0.15) is 0 Å². The predicted octanol–water partition coefficient (Wildman–Crippen LogP) is 4.73. The van der Waals surface area contributed by atoms with Crippen LogP contribution in [-0.4, -0.2) is 26.9 Å². The van der Waals surface area contributed by atoms with Crippen molar-refractivity contribution in [2.75, 3.05) is 7.05 Å². The van der Waals surface area contributed by atoms with E-state index in [2.05, 4.69) is 53.1 Å². The third-order valence-electron chi connectivity index (χ3n) is 5.29. The molecule has 4 rings (SSSR count). The summed E-state index contributed by atoms with van der Waals surface area (Å²) < 4.78 is 0. The summed E-state index contributed by atoms with van der Waals surface area (Å²) in [6, 6.07) is 11.3. The van der Waals surface area contributed by atoms with Crippen LogP contribution in [0.4, 0.5) is 0 Å². The quantitative estimate of drug-likeness (QED) is 0.671. The molecule has 0 spiro atoms. The molecule has 1 fully saturated rings. The van der Waals surface area contributed by atoms with Crippen molar-refractivity contribution < 1.29 is 0 Å². The van der Waals surface area contributed by atoms with Crippen molar-refractivity contribution in [3.8, 4) is 0 Å². The van der Waals surface area contributed by atoms with Crippen molar-refractivity contribution >= 4 is 11.3 Å². The molecular weight excluding hydrogens is 340 g/mol. The first-order chi connectivity index (χ1) is 12.7. The molecule has 4 nitrogen and oxygen atoms in total. The van der Waals surface area contributed by atoms with Crippen molar-refractivity contribution in [1.29, 1.82) is 0 Å². The summed E-state index contributed by atoms with van der Waals surface area (Å²) in [5.41, 5.74) is 4.75. The molecule has 0 amide bonds. The van der Waals surface area contributed by atoms with Crippen LogP contribution in [0.5, 0.6) is 0 Å². The topological polar surface area (TPSA) is 41.9 Å². The van der Waals surface area contributed by atoms with Gasteiger partial charge in [0, 0.05) is 29.9 Å². The minimum atomic E-state index is 0.340. The van der Waals surface area contributed by atoms with Gasteiger partial charge in [0.15, 0.2) is 0 Å². The van der Waals surface area contributed by atoms with Gasteiger partial charge < -0.3 is 0 Å². The molecule has 1 aliphatic heterocycles. The lowest BCUT2D eigenvalue weighted by molar-refractivity contribution is 0.109. The molecule has 2 atom stereocenters. The number of nitrogens with zero attached hydrogens (tertiary/aromatic N) is 4. The molecule has 0 aromatic carbocycles. The maximum absolute atomic E-state index is 5.05. The van der Waals surface area contributed by atoms with Crippen LogP contribution < -0.4 is 0 Å². The number of aryl methyl sites for hydroxylation is 1. The Kier molecular flexibility index (Phi) is 5.09. The fourth-order valence-electron chi connectivity index (χ4n) is 3.91. The van der Waals surface area contributed by atoms with Gasteiger partial charge in [-0.25, -0.2) is 4.98 Å². The third-order valence-corrected chi connectivity index (χ3v) is 6.07. The van der Waals surface area contributed by atoms with Crippen molar-refractivity contribution in [3.05, 3.63) is 75.8 Å². The van der Waals surface area contributed by atoms with Crippen LogP contribution in [0, 0.1) is 6.92 Å². The van der Waals surface area contributed by atoms with Gasteiger partial charge in [0.25, 0.3) is 0 Å². The maximum Gasteiger partial charge on any atom is 0.0984 e. The Labute approximate surface area is 159 Å². The van der Waals surface area contributed by atoms with Gasteiger partial charge in [-0.3, -0.25) is 14.9 Å². The Morgan fingerprint density at radius 1 is 1.08 bits per heavy atom. The monoisotopic (exact) mass is 364 g/mol. The summed E-state index contributed by atoms with van der Waals surface area (Å²) in [4.78, 5) is 16.5. The standard InChI is InChI=1S/C21H24N4S/c1-15-9-10-16(14-20-23-12-13-26-20)24-21(15)19-8-5-7-18(25(19)2)17-6-3-4-11-22-17/h3-4,6,9-13,18-19H,5,7-8,14H2,1-2H3/t18-,19+/m0/s1. The second-order valence-electron chi connectivity index (χ2n) is 6.99. The lowest BCUT2D eigenvalue weighted by atomic mass is 9.90. The summed E-state index contributed by atoms with van der Waals surface area (Å²) in [5.74, 6) is 0. The molecule has 5 heteroatoms. The zero-order valence-electron chi connectivity index (χ0n) is 15.3. The zero-order valence-corrected chi connectivity index (χ0v) is 16.1. The molecule has 134 valence electrons. The Morgan fingerprint density at radius 3 is 2.73 bits per heavy atom. The van der Waals surface area contributed by atoms with E-state index in [4.69, 9.17) is 4.98 Å². The van der Waals surface area contributed by atoms with Gasteiger partial charge in [0.2, 0.25) is 0 Å². The molecule has 0 N–H and O–H groups in total. The molecule has 1 aliphatic rings. The fraction of sp³-hybridized carbons (Fsp3) is 0.381. The van der Waals surface area contributed by atoms with Gasteiger partial charge in [0.05, 0.1) is 28.5 Å². The molecule has 4 heterocycles.